The molecular formula is C21H25N5O3. The molecular weight excluding hydrogens is 370 g/mol. The van der Waals surface area contributed by atoms with E-state index in [-0.39, 0.29) is 35.9 Å². The van der Waals surface area contributed by atoms with E-state index in [0.29, 0.717) is 42.8 Å². The Morgan fingerprint density at radius 1 is 1.07 bits per heavy atom. The molecule has 1 aromatic heterocycles. The lowest BCUT2D eigenvalue weighted by molar-refractivity contribution is -0.141. The largest absolute Gasteiger partial charge is 0.393 e. The highest BCUT2D eigenvalue weighted by molar-refractivity contribution is 5.99. The monoisotopic (exact) mass is 395 g/mol. The van der Waals surface area contributed by atoms with Crippen LogP contribution in [0.1, 0.15) is 42.5 Å². The average molecular weight is 395 g/mol. The standard InChI is InChI=1S/C21H25N5O3/c22-19-17-6-2-13(8-18(17)23-11-24-19)20(28)25-9-14-3-4-15(10-25)26(14)21(29)12-1-5-16(27)7-12/h2,6,8,11-12,14-16,27H,1,3-5,7,9-10H2,(H2,22,23,24)/t12-,14?,15?,16-/m1/s1. The molecule has 1 saturated carbocycles. The summed E-state index contributed by atoms with van der Waals surface area (Å²) < 4.78 is 0. The first kappa shape index (κ1) is 18.3. The predicted molar refractivity (Wildman–Crippen MR) is 107 cm³/mol. The van der Waals surface area contributed by atoms with Crippen LogP contribution in [0.15, 0.2) is 24.5 Å². The molecule has 2 unspecified atom stereocenters. The van der Waals surface area contributed by atoms with E-state index in [1.807, 2.05) is 9.80 Å². The predicted octanol–water partition coefficient (Wildman–Crippen LogP) is 1.19. The molecule has 2 bridgehead atoms. The lowest BCUT2D eigenvalue weighted by atomic mass is 10.0. The summed E-state index contributed by atoms with van der Waals surface area (Å²) in [4.78, 5) is 38.2. The Balaban J connectivity index is 1.33. The first-order valence-corrected chi connectivity index (χ1v) is 10.3. The number of aliphatic hydroxyl groups excluding tert-OH is 1. The molecule has 3 aliphatic rings. The van der Waals surface area contributed by atoms with Crippen molar-refractivity contribution in [1.29, 1.82) is 0 Å². The van der Waals surface area contributed by atoms with Crippen LogP contribution < -0.4 is 5.73 Å². The van der Waals surface area contributed by atoms with Crippen LogP contribution in [-0.4, -0.2) is 68.0 Å². The maximum absolute atomic E-state index is 13.1. The van der Waals surface area contributed by atoms with Crippen LogP contribution in [0.2, 0.25) is 0 Å². The Labute approximate surface area is 168 Å². The van der Waals surface area contributed by atoms with Crippen LogP contribution in [0.5, 0.6) is 0 Å². The Bertz CT molecular complexity index is 966. The van der Waals surface area contributed by atoms with E-state index in [1.54, 1.807) is 18.2 Å². The van der Waals surface area contributed by atoms with Crippen molar-refractivity contribution in [2.75, 3.05) is 18.8 Å². The number of anilines is 1. The summed E-state index contributed by atoms with van der Waals surface area (Å²) in [5, 5.41) is 10.5. The highest BCUT2D eigenvalue weighted by Gasteiger charge is 2.46. The Hall–Kier alpha value is -2.74. The molecule has 2 saturated heterocycles. The minimum atomic E-state index is -0.352. The number of nitrogens with two attached hydrogens (primary N) is 1. The molecule has 1 aromatic carbocycles. The molecule has 2 amide bonds. The molecule has 3 heterocycles. The number of aliphatic hydroxyl groups is 1. The van der Waals surface area contributed by atoms with E-state index >= 15 is 0 Å². The number of piperazine rings is 1. The number of likely N-dealkylation sites (tertiary alicyclic amines) is 1. The van der Waals surface area contributed by atoms with Crippen molar-refractivity contribution in [1.82, 2.24) is 19.8 Å². The fraction of sp³-hybridized carbons (Fsp3) is 0.524. The van der Waals surface area contributed by atoms with Crippen molar-refractivity contribution in [2.45, 2.75) is 50.3 Å². The number of hydrogen-bond acceptors (Lipinski definition) is 6. The molecule has 0 spiro atoms. The van der Waals surface area contributed by atoms with E-state index in [1.165, 1.54) is 6.33 Å². The fourth-order valence-corrected chi connectivity index (χ4v) is 5.21. The molecule has 152 valence electrons. The number of aromatic nitrogens is 2. The molecule has 8 heteroatoms. The fourth-order valence-electron chi connectivity index (χ4n) is 5.21. The van der Waals surface area contributed by atoms with Gasteiger partial charge in [0.1, 0.15) is 12.1 Å². The maximum atomic E-state index is 13.1. The van der Waals surface area contributed by atoms with Gasteiger partial charge in [0.05, 0.1) is 11.6 Å². The van der Waals surface area contributed by atoms with Crippen LogP contribution in [-0.2, 0) is 4.79 Å². The van der Waals surface area contributed by atoms with Crippen LogP contribution >= 0.6 is 0 Å². The second-order valence-corrected chi connectivity index (χ2v) is 8.50. The van der Waals surface area contributed by atoms with Gasteiger partial charge in [-0.2, -0.15) is 0 Å². The summed E-state index contributed by atoms with van der Waals surface area (Å²) in [5.74, 6) is 0.459. The normalized spacial score (nSPS) is 28.9. The van der Waals surface area contributed by atoms with E-state index in [0.717, 1.165) is 24.6 Å². The van der Waals surface area contributed by atoms with Gasteiger partial charge in [-0.25, -0.2) is 9.97 Å². The third-order valence-electron chi connectivity index (χ3n) is 6.69. The van der Waals surface area contributed by atoms with Crippen molar-refractivity contribution in [3.63, 3.8) is 0 Å². The SMILES string of the molecule is Nc1ncnc2cc(C(=O)N3CC4CCC(C3)N4C(=O)[C@@H]3CC[C@@H](O)C3)ccc12. The first-order valence-electron chi connectivity index (χ1n) is 10.3. The van der Waals surface area contributed by atoms with Gasteiger partial charge in [-0.05, 0) is 50.3 Å². The zero-order valence-corrected chi connectivity index (χ0v) is 16.2. The average Bonchev–Trinajstić information content (AvgIpc) is 3.27. The van der Waals surface area contributed by atoms with Crippen molar-refractivity contribution < 1.29 is 14.7 Å². The van der Waals surface area contributed by atoms with Gasteiger partial charge in [-0.3, -0.25) is 9.59 Å². The Kier molecular flexibility index (Phi) is 4.38. The lowest BCUT2D eigenvalue weighted by Gasteiger charge is -2.42. The van der Waals surface area contributed by atoms with E-state index in [2.05, 4.69) is 9.97 Å². The summed E-state index contributed by atoms with van der Waals surface area (Å²) in [5.41, 5.74) is 7.10. The highest BCUT2D eigenvalue weighted by Crippen LogP contribution is 2.36. The number of rotatable bonds is 2. The summed E-state index contributed by atoms with van der Waals surface area (Å²) in [6.07, 6.45) is 4.94. The van der Waals surface area contributed by atoms with Gasteiger partial charge >= 0.3 is 0 Å². The third-order valence-corrected chi connectivity index (χ3v) is 6.69. The third kappa shape index (κ3) is 3.11. The van der Waals surface area contributed by atoms with Crippen LogP contribution in [0.3, 0.4) is 0 Å². The second-order valence-electron chi connectivity index (χ2n) is 8.50. The molecule has 8 nitrogen and oxygen atoms in total. The first-order chi connectivity index (χ1) is 14.0. The molecule has 4 atom stereocenters. The van der Waals surface area contributed by atoms with E-state index < -0.39 is 0 Å². The summed E-state index contributed by atoms with van der Waals surface area (Å²) in [7, 11) is 0. The molecule has 29 heavy (non-hydrogen) atoms. The zero-order chi connectivity index (χ0) is 20.1. The zero-order valence-electron chi connectivity index (χ0n) is 16.2. The number of carbonyl (C=O) groups excluding carboxylic acids is 2. The van der Waals surface area contributed by atoms with Gasteiger partial charge in [-0.15, -0.1) is 0 Å². The van der Waals surface area contributed by atoms with Crippen molar-refractivity contribution in [3.05, 3.63) is 30.1 Å². The highest BCUT2D eigenvalue weighted by atomic mass is 16.3. The van der Waals surface area contributed by atoms with Gasteiger partial charge in [-0.1, -0.05) is 0 Å². The molecule has 3 fully saturated rings. The smallest absolute Gasteiger partial charge is 0.254 e. The summed E-state index contributed by atoms with van der Waals surface area (Å²) in [6.45, 7) is 1.11. The van der Waals surface area contributed by atoms with Gasteiger partial charge in [0.15, 0.2) is 0 Å². The van der Waals surface area contributed by atoms with Crippen LogP contribution in [0.4, 0.5) is 5.82 Å². The van der Waals surface area contributed by atoms with E-state index in [9.17, 15) is 14.7 Å². The topological polar surface area (TPSA) is 113 Å². The van der Waals surface area contributed by atoms with Crippen LogP contribution in [0, 0.1) is 5.92 Å². The molecule has 2 aromatic rings. The quantitative estimate of drug-likeness (QED) is 0.790. The number of nitrogen functional groups attached to an aromatic ring is 1. The second kappa shape index (κ2) is 6.95. The summed E-state index contributed by atoms with van der Waals surface area (Å²) in [6, 6.07) is 5.46. The van der Waals surface area contributed by atoms with Crippen LogP contribution in [0.25, 0.3) is 10.9 Å². The number of hydrogen-bond donors (Lipinski definition) is 2. The molecule has 2 aliphatic heterocycles. The van der Waals surface area contributed by atoms with Gasteiger partial charge in [0.2, 0.25) is 5.91 Å². The molecule has 5 rings (SSSR count). The molecule has 1 aliphatic carbocycles. The molecule has 3 N–H and O–H groups in total. The minimum absolute atomic E-state index is 0.0376. The van der Waals surface area contributed by atoms with Crippen molar-refractivity contribution in [3.8, 4) is 0 Å². The summed E-state index contributed by atoms with van der Waals surface area (Å²) >= 11 is 0. The number of nitrogens with zero attached hydrogens (tertiary/aromatic N) is 4. The number of benzene rings is 1. The van der Waals surface area contributed by atoms with Gasteiger partial charge in [0.25, 0.3) is 5.91 Å². The van der Waals surface area contributed by atoms with Crippen molar-refractivity contribution in [2.24, 2.45) is 5.92 Å². The number of carbonyl (C=O) groups is 2. The van der Waals surface area contributed by atoms with Gasteiger partial charge < -0.3 is 20.6 Å². The Morgan fingerprint density at radius 2 is 1.83 bits per heavy atom. The number of amides is 2. The van der Waals surface area contributed by atoms with Gasteiger partial charge in [0, 0.05) is 42.0 Å². The minimum Gasteiger partial charge on any atom is -0.393 e. The number of fused-ring (bicyclic) bond motifs is 3. The maximum Gasteiger partial charge on any atom is 0.254 e. The van der Waals surface area contributed by atoms with Crippen molar-refractivity contribution >= 4 is 28.5 Å². The molecule has 0 radical (unpaired) electrons. The lowest BCUT2D eigenvalue weighted by Crippen LogP contribution is -2.58. The van der Waals surface area contributed by atoms with E-state index in [4.69, 9.17) is 5.73 Å². The Morgan fingerprint density at radius 3 is 2.52 bits per heavy atom.